The first-order valence-electron chi connectivity index (χ1n) is 1.98. The van der Waals surface area contributed by atoms with Gasteiger partial charge in [-0.05, 0) is 0 Å². The average Bonchev–Trinajstić information content (AvgIpc) is 1.91. The fourth-order valence-electron chi connectivity index (χ4n) is 0.0833. The van der Waals surface area contributed by atoms with Crippen LogP contribution < -0.4 is 108 Å². The Morgan fingerprint density at radius 2 is 2.09 bits per heavy atom. The van der Waals surface area contributed by atoms with Crippen molar-refractivity contribution in [2.45, 2.75) is 0 Å². The Labute approximate surface area is 153 Å². The molecule has 0 aromatic heterocycles. The molecule has 11 heavy (non-hydrogen) atoms. The smallest absolute Gasteiger partial charge is 1.00 e. The number of hydrogen-bond donors (Lipinski definition) is 0. The van der Waals surface area contributed by atoms with Crippen molar-refractivity contribution in [2.75, 3.05) is 13.7 Å². The van der Waals surface area contributed by atoms with Crippen LogP contribution in [-0.2, 0) is 14.4 Å². The minimum Gasteiger partial charge on any atom is -1.00 e. The molecule has 0 aromatic rings. The van der Waals surface area contributed by atoms with Crippen LogP contribution in [0.3, 0.4) is 0 Å². The molecule has 4 nitrogen and oxygen atoms in total. The summed E-state index contributed by atoms with van der Waals surface area (Å²) in [5.74, 6) is 2.30. The van der Waals surface area contributed by atoms with E-state index in [4.69, 9.17) is 16.5 Å². The molecule has 0 aliphatic carbocycles. The number of terminal acetylenes is 1. The summed E-state index contributed by atoms with van der Waals surface area (Å²) >= 11 is 0. The zero-order chi connectivity index (χ0) is 7.54. The predicted octanol–water partition coefficient (Wildman–Crippen LogP) is -7.18. The first-order chi connectivity index (χ1) is 4.33. The maximum Gasteiger partial charge on any atom is 1.00 e. The van der Waals surface area contributed by atoms with E-state index in [1.165, 1.54) is 0 Å². The van der Waals surface area contributed by atoms with Crippen LogP contribution in [0.4, 0.5) is 0 Å². The standard InChI is InChI=1S/C4H6O.CH2O3.2K.H/c1-3-4-5-2;2-1-4-3;;;/h1H,4H2,2H3;1,3H;;;/q;;2*+1;-1/p-1. The van der Waals surface area contributed by atoms with Crippen LogP contribution in [0.25, 0.3) is 0 Å². The van der Waals surface area contributed by atoms with Crippen LogP contribution in [0.1, 0.15) is 1.43 Å². The van der Waals surface area contributed by atoms with Gasteiger partial charge in [0, 0.05) is 7.11 Å². The number of carbonyl (C=O) groups excluding carboxylic acids is 1. The third kappa shape index (κ3) is 46.8. The van der Waals surface area contributed by atoms with Crippen molar-refractivity contribution in [3.8, 4) is 12.3 Å². The third-order valence-corrected chi connectivity index (χ3v) is 0.267. The first-order valence-corrected chi connectivity index (χ1v) is 1.98. The molecule has 0 amide bonds. The van der Waals surface area contributed by atoms with Gasteiger partial charge >= 0.3 is 103 Å². The van der Waals surface area contributed by atoms with Crippen molar-refractivity contribution in [3.05, 3.63) is 0 Å². The van der Waals surface area contributed by atoms with Gasteiger partial charge in [0.25, 0.3) is 6.47 Å². The van der Waals surface area contributed by atoms with Crippen molar-refractivity contribution in [3.63, 3.8) is 0 Å². The fraction of sp³-hybridized carbons (Fsp3) is 0.400. The molecule has 0 spiro atoms. The molecule has 0 rings (SSSR count). The van der Waals surface area contributed by atoms with E-state index in [0.29, 0.717) is 6.61 Å². The van der Waals surface area contributed by atoms with Crippen molar-refractivity contribution >= 4 is 6.47 Å². The summed E-state index contributed by atoms with van der Waals surface area (Å²) in [4.78, 5) is 11.2. The molecule has 0 aliphatic rings. The zero-order valence-corrected chi connectivity index (χ0v) is 13.2. The summed E-state index contributed by atoms with van der Waals surface area (Å²) in [7, 11) is 1.57. The predicted molar refractivity (Wildman–Crippen MR) is 29.0 cm³/mol. The molecule has 0 saturated heterocycles. The molecule has 54 valence electrons. The van der Waals surface area contributed by atoms with Gasteiger partial charge in [-0.3, -0.25) is 4.79 Å². The van der Waals surface area contributed by atoms with E-state index in [1.54, 1.807) is 7.11 Å². The minimum atomic E-state index is -0.181. The van der Waals surface area contributed by atoms with E-state index < -0.39 is 0 Å². The molecule has 0 atom stereocenters. The average molecular weight is 210 g/mol. The second kappa shape index (κ2) is 29.5. The van der Waals surface area contributed by atoms with Crippen LogP contribution in [0, 0.1) is 12.3 Å². The van der Waals surface area contributed by atoms with Crippen molar-refractivity contribution in [1.82, 2.24) is 0 Å². The molecular weight excluding hydrogens is 202 g/mol. The second-order valence-electron chi connectivity index (χ2n) is 0.830. The Morgan fingerprint density at radius 3 is 2.09 bits per heavy atom. The monoisotopic (exact) mass is 210 g/mol. The second-order valence-corrected chi connectivity index (χ2v) is 0.830. The van der Waals surface area contributed by atoms with Gasteiger partial charge in [-0.1, -0.05) is 5.92 Å². The van der Waals surface area contributed by atoms with E-state index in [9.17, 15) is 0 Å². The van der Waals surface area contributed by atoms with Gasteiger partial charge in [-0.2, -0.15) is 0 Å². The molecule has 0 saturated carbocycles. The molecule has 0 heterocycles. The SMILES string of the molecule is C#CCOC.O=CO[O-].[H-].[K+].[K+]. The van der Waals surface area contributed by atoms with Gasteiger partial charge in [-0.15, -0.1) is 6.42 Å². The van der Waals surface area contributed by atoms with Crippen LogP contribution >= 0.6 is 0 Å². The quantitative estimate of drug-likeness (QED) is 0.149. The Balaban J connectivity index is -0.0000000221. The van der Waals surface area contributed by atoms with Crippen molar-refractivity contribution in [1.29, 1.82) is 0 Å². The summed E-state index contributed by atoms with van der Waals surface area (Å²) in [6.45, 7) is 0.236. The van der Waals surface area contributed by atoms with Gasteiger partial charge < -0.3 is 16.3 Å². The van der Waals surface area contributed by atoms with Gasteiger partial charge in [0.05, 0.1) is 0 Å². The van der Waals surface area contributed by atoms with Gasteiger partial charge in [0.2, 0.25) is 0 Å². The van der Waals surface area contributed by atoms with E-state index in [-0.39, 0.29) is 111 Å². The van der Waals surface area contributed by atoms with Crippen LogP contribution in [0.5, 0.6) is 0 Å². The summed E-state index contributed by atoms with van der Waals surface area (Å²) in [5, 5.41) is 8.43. The van der Waals surface area contributed by atoms with E-state index in [2.05, 4.69) is 15.5 Å². The number of hydrogen-bond acceptors (Lipinski definition) is 4. The molecule has 0 aliphatic heterocycles. The van der Waals surface area contributed by atoms with Gasteiger partial charge in [0.1, 0.15) is 6.61 Å². The van der Waals surface area contributed by atoms with Crippen molar-refractivity contribution in [2.24, 2.45) is 0 Å². The molecule has 0 bridgehead atoms. The first kappa shape index (κ1) is 23.2. The molecular formula is C5H8K2O4. The summed E-state index contributed by atoms with van der Waals surface area (Å²) < 4.78 is 4.45. The largest absolute Gasteiger partial charge is 1.00 e. The summed E-state index contributed by atoms with van der Waals surface area (Å²) in [6.07, 6.45) is 4.76. The molecule has 0 radical (unpaired) electrons. The number of ether oxygens (including phenoxy) is 1. The number of carbonyl (C=O) groups is 1. The van der Waals surface area contributed by atoms with Gasteiger partial charge in [0.15, 0.2) is 0 Å². The maximum atomic E-state index is 8.64. The van der Waals surface area contributed by atoms with E-state index in [1.807, 2.05) is 0 Å². The number of rotatable bonds is 2. The Bertz CT molecular complexity index is 95.9. The molecule has 0 aromatic carbocycles. The van der Waals surface area contributed by atoms with E-state index >= 15 is 0 Å². The van der Waals surface area contributed by atoms with Crippen LogP contribution in [0.2, 0.25) is 0 Å². The molecule has 0 N–H and O–H groups in total. The fourth-order valence-corrected chi connectivity index (χ4v) is 0.0833. The van der Waals surface area contributed by atoms with Crippen LogP contribution in [0.15, 0.2) is 0 Å². The maximum absolute atomic E-state index is 8.64. The van der Waals surface area contributed by atoms with Gasteiger partial charge in [-0.25, -0.2) is 0 Å². The summed E-state index contributed by atoms with van der Waals surface area (Å²) in [5.41, 5.74) is 0. The third-order valence-electron chi connectivity index (χ3n) is 0.267. The topological polar surface area (TPSA) is 58.6 Å². The minimum absolute atomic E-state index is 0. The Kier molecular flexibility index (Phi) is 62.3. The molecule has 0 fully saturated rings. The van der Waals surface area contributed by atoms with E-state index in [0.717, 1.165) is 0 Å². The van der Waals surface area contributed by atoms with Crippen LogP contribution in [-0.4, -0.2) is 20.2 Å². The molecule has 6 heteroatoms. The Hall–Kier alpha value is 2.22. The number of methoxy groups -OCH3 is 1. The van der Waals surface area contributed by atoms with Crippen molar-refractivity contribution < 1.29 is 124 Å². The normalized spacial score (nSPS) is 4.82. The zero-order valence-electron chi connectivity index (χ0n) is 7.99. The Morgan fingerprint density at radius 1 is 1.73 bits per heavy atom. The molecule has 0 unspecified atom stereocenters. The summed E-state index contributed by atoms with van der Waals surface area (Å²) in [6, 6.07) is 0.